The van der Waals surface area contributed by atoms with Crippen molar-refractivity contribution in [3.63, 3.8) is 0 Å². The monoisotopic (exact) mass is 341 g/mol. The zero-order chi connectivity index (χ0) is 17.8. The van der Waals surface area contributed by atoms with Gasteiger partial charge in [-0.25, -0.2) is 0 Å². The van der Waals surface area contributed by atoms with Crippen LogP contribution in [0.3, 0.4) is 0 Å². The van der Waals surface area contributed by atoms with Crippen LogP contribution in [0, 0.1) is 5.92 Å². The van der Waals surface area contributed by atoms with Crippen molar-refractivity contribution in [3.8, 4) is 0 Å². The molecule has 0 aliphatic heterocycles. The van der Waals surface area contributed by atoms with Gasteiger partial charge in [-0.05, 0) is 15.4 Å². The highest BCUT2D eigenvalue weighted by Crippen LogP contribution is 2.36. The van der Waals surface area contributed by atoms with Gasteiger partial charge in [0.2, 0.25) is 5.91 Å². The van der Waals surface area contributed by atoms with Crippen molar-refractivity contribution in [2.45, 2.75) is 32.7 Å². The highest BCUT2D eigenvalue weighted by molar-refractivity contribution is 6.99. The van der Waals surface area contributed by atoms with Crippen LogP contribution in [0.4, 0.5) is 0 Å². The van der Waals surface area contributed by atoms with E-state index < -0.39 is 8.32 Å². The van der Waals surface area contributed by atoms with E-state index in [1.165, 1.54) is 10.4 Å². The van der Waals surface area contributed by atoms with Crippen LogP contribution < -0.4 is 16.1 Å². The Morgan fingerprint density at radius 2 is 1.42 bits per heavy atom. The minimum atomic E-state index is -2.57. The predicted octanol–water partition coefficient (Wildman–Crippen LogP) is 2.68. The second kappa shape index (κ2) is 7.32. The van der Waals surface area contributed by atoms with E-state index in [2.05, 4.69) is 45.0 Å². The van der Waals surface area contributed by atoms with Crippen molar-refractivity contribution < 1.29 is 9.22 Å². The summed E-state index contributed by atoms with van der Waals surface area (Å²) >= 11 is 0. The molecule has 3 nitrogen and oxygen atoms in total. The highest BCUT2D eigenvalue weighted by Gasteiger charge is 2.50. The van der Waals surface area contributed by atoms with Crippen LogP contribution in [0.1, 0.15) is 27.7 Å². The molecule has 2 N–H and O–H groups in total. The number of primary amides is 1. The lowest BCUT2D eigenvalue weighted by Gasteiger charge is -2.43. The molecule has 24 heavy (non-hydrogen) atoms. The first kappa shape index (κ1) is 18.4. The van der Waals surface area contributed by atoms with Gasteiger partial charge in [0.1, 0.15) is 0 Å². The van der Waals surface area contributed by atoms with Crippen LogP contribution in [0.15, 0.2) is 60.7 Å². The average molecular weight is 342 g/mol. The molecule has 2 rings (SSSR count). The molecule has 0 saturated heterocycles. The fraction of sp³-hybridized carbons (Fsp3) is 0.350. The lowest BCUT2D eigenvalue weighted by atomic mass is 10.2. The fourth-order valence-electron chi connectivity index (χ4n) is 3.09. The van der Waals surface area contributed by atoms with Gasteiger partial charge in [-0.2, -0.15) is 0 Å². The number of carbonyl (C=O) groups excluding carboxylic acids is 1. The predicted molar refractivity (Wildman–Crippen MR) is 102 cm³/mol. The van der Waals surface area contributed by atoms with E-state index in [1.807, 2.05) is 43.3 Å². The van der Waals surface area contributed by atoms with E-state index in [9.17, 15) is 4.79 Å². The van der Waals surface area contributed by atoms with Crippen LogP contribution in [0.5, 0.6) is 0 Å². The molecule has 2 aromatic carbocycles. The molecule has 0 radical (unpaired) electrons. The Bertz CT molecular complexity index is 626. The maximum absolute atomic E-state index is 11.5. The zero-order valence-corrected chi connectivity index (χ0v) is 16.0. The Morgan fingerprint density at radius 3 is 1.75 bits per heavy atom. The summed E-state index contributed by atoms with van der Waals surface area (Å²) in [6.45, 7) is 8.80. The zero-order valence-electron chi connectivity index (χ0n) is 15.0. The minimum Gasteiger partial charge on any atom is -0.407 e. The summed E-state index contributed by atoms with van der Waals surface area (Å²) in [5.41, 5.74) is 5.45. The van der Waals surface area contributed by atoms with Gasteiger partial charge in [-0.15, -0.1) is 0 Å². The normalized spacial score (nSPS) is 13.5. The fourth-order valence-corrected chi connectivity index (χ4v) is 7.75. The molecular weight excluding hydrogens is 314 g/mol. The van der Waals surface area contributed by atoms with Crippen molar-refractivity contribution in [2.24, 2.45) is 11.7 Å². The second-order valence-electron chi connectivity index (χ2n) is 7.28. The van der Waals surface area contributed by atoms with Crippen molar-refractivity contribution in [3.05, 3.63) is 60.7 Å². The Labute approximate surface area is 146 Å². The van der Waals surface area contributed by atoms with Gasteiger partial charge in [-0.3, -0.25) is 4.79 Å². The second-order valence-corrected chi connectivity index (χ2v) is 11.6. The smallest absolute Gasteiger partial charge is 0.261 e. The minimum absolute atomic E-state index is 0.0902. The van der Waals surface area contributed by atoms with E-state index >= 15 is 0 Å². The number of carbonyl (C=O) groups is 1. The van der Waals surface area contributed by atoms with E-state index in [0.717, 1.165) is 0 Å². The summed E-state index contributed by atoms with van der Waals surface area (Å²) in [6.07, 6.45) is 0. The Hall–Kier alpha value is -1.91. The molecule has 1 unspecified atom stereocenters. The Morgan fingerprint density at radius 1 is 1.00 bits per heavy atom. The molecule has 0 saturated carbocycles. The van der Waals surface area contributed by atoms with Crippen LogP contribution >= 0.6 is 0 Å². The van der Waals surface area contributed by atoms with E-state index in [-0.39, 0.29) is 16.9 Å². The van der Waals surface area contributed by atoms with E-state index in [1.54, 1.807) is 0 Å². The van der Waals surface area contributed by atoms with Gasteiger partial charge in [0, 0.05) is 6.61 Å². The molecular formula is C20H27NO2Si. The molecule has 0 bridgehead atoms. The van der Waals surface area contributed by atoms with Gasteiger partial charge in [0.15, 0.2) is 0 Å². The lowest BCUT2D eigenvalue weighted by molar-refractivity contribution is -0.122. The summed E-state index contributed by atoms with van der Waals surface area (Å²) in [4.78, 5) is 11.5. The van der Waals surface area contributed by atoms with Crippen LogP contribution in [0.2, 0.25) is 5.04 Å². The number of nitrogens with two attached hydrogens (primary N) is 1. The maximum atomic E-state index is 11.5. The molecule has 1 atom stereocenters. The summed E-state index contributed by atoms with van der Waals surface area (Å²) in [6, 6.07) is 20.8. The first-order chi connectivity index (χ1) is 11.3. The molecule has 1 amide bonds. The van der Waals surface area contributed by atoms with Crippen molar-refractivity contribution in [1.29, 1.82) is 0 Å². The first-order valence-corrected chi connectivity index (χ1v) is 10.2. The standard InChI is InChI=1S/C20H27NO2Si/c1-16(19(21)22)15-23-24(20(2,3)4,17-11-7-5-8-12-17)18-13-9-6-10-14-18/h5-14,16H,15H2,1-4H3,(H2,21,22). The Kier molecular flexibility index (Phi) is 5.62. The molecule has 4 heteroatoms. The average Bonchev–Trinajstić information content (AvgIpc) is 2.56. The quantitative estimate of drug-likeness (QED) is 0.821. The van der Waals surface area contributed by atoms with Gasteiger partial charge >= 0.3 is 0 Å². The molecule has 0 heterocycles. The van der Waals surface area contributed by atoms with Crippen LogP contribution in [-0.4, -0.2) is 20.8 Å². The van der Waals surface area contributed by atoms with Gasteiger partial charge in [-0.1, -0.05) is 88.4 Å². The molecule has 0 aliphatic carbocycles. The summed E-state index contributed by atoms with van der Waals surface area (Å²) in [5, 5.41) is 2.33. The lowest BCUT2D eigenvalue weighted by Crippen LogP contribution is -2.67. The third-order valence-electron chi connectivity index (χ3n) is 4.45. The van der Waals surface area contributed by atoms with Crippen LogP contribution in [-0.2, 0) is 9.22 Å². The largest absolute Gasteiger partial charge is 0.407 e. The molecule has 128 valence electrons. The number of benzene rings is 2. The SMILES string of the molecule is CC(CO[Si](c1ccccc1)(c1ccccc1)C(C)(C)C)C(N)=O. The van der Waals surface area contributed by atoms with Crippen molar-refractivity contribution in [1.82, 2.24) is 0 Å². The van der Waals surface area contributed by atoms with Crippen molar-refractivity contribution >= 4 is 24.6 Å². The van der Waals surface area contributed by atoms with Crippen LogP contribution in [0.25, 0.3) is 0 Å². The molecule has 2 aromatic rings. The number of amides is 1. The van der Waals surface area contributed by atoms with Gasteiger partial charge in [0.05, 0.1) is 5.92 Å². The topological polar surface area (TPSA) is 52.3 Å². The summed E-state index contributed by atoms with van der Waals surface area (Å²) < 4.78 is 6.63. The third kappa shape index (κ3) is 3.60. The Balaban J connectivity index is 2.59. The summed E-state index contributed by atoms with van der Waals surface area (Å²) in [7, 11) is -2.57. The number of hydrogen-bond acceptors (Lipinski definition) is 2. The molecule has 0 spiro atoms. The van der Waals surface area contributed by atoms with E-state index in [0.29, 0.717) is 6.61 Å². The summed E-state index contributed by atoms with van der Waals surface area (Å²) in [5.74, 6) is -0.639. The molecule has 0 aromatic heterocycles. The number of rotatable bonds is 6. The first-order valence-electron chi connectivity index (χ1n) is 8.33. The molecule has 0 aliphatic rings. The van der Waals surface area contributed by atoms with Gasteiger partial charge < -0.3 is 10.2 Å². The van der Waals surface area contributed by atoms with Gasteiger partial charge in [0.25, 0.3) is 8.32 Å². The number of hydrogen-bond donors (Lipinski definition) is 1. The van der Waals surface area contributed by atoms with Crippen molar-refractivity contribution in [2.75, 3.05) is 6.61 Å². The highest BCUT2D eigenvalue weighted by atomic mass is 28.4. The third-order valence-corrected chi connectivity index (χ3v) is 9.46. The van der Waals surface area contributed by atoms with E-state index in [4.69, 9.17) is 10.2 Å². The maximum Gasteiger partial charge on any atom is 0.261 e. The molecule has 0 fully saturated rings.